The molecule has 0 unspecified atom stereocenters. The van der Waals surface area contributed by atoms with Crippen LogP contribution >= 0.6 is 0 Å². The maximum absolute atomic E-state index is 11.9. The Balaban J connectivity index is 1.63. The molecule has 0 N–H and O–H groups in total. The Morgan fingerprint density at radius 2 is 1.43 bits per heavy atom. The van der Waals surface area contributed by atoms with E-state index in [1.807, 2.05) is 54.6 Å². The van der Waals surface area contributed by atoms with Crippen LogP contribution in [0.15, 0.2) is 54.6 Å². The molecule has 2 aromatic carbocycles. The second kappa shape index (κ2) is 6.57. The molecule has 23 heavy (non-hydrogen) atoms. The average molecular weight is 308 g/mol. The summed E-state index contributed by atoms with van der Waals surface area (Å²) in [5.74, 6) is -1.16. The molecule has 1 aliphatic carbocycles. The van der Waals surface area contributed by atoms with Gasteiger partial charge in [0.15, 0.2) is 11.6 Å². The number of benzene rings is 2. The molecule has 0 heterocycles. The highest BCUT2D eigenvalue weighted by molar-refractivity contribution is 6.12. The standard InChI is InChI=1S/C19H16O4/c20-16-10-11-17(21)19(16)23-18(22)12-13-6-8-15(9-7-13)14-4-2-1-3-5-14/h1-9,19H,10-12H2. The average Bonchev–Trinajstić information content (AvgIpc) is 2.88. The van der Waals surface area contributed by atoms with Crippen LogP contribution < -0.4 is 0 Å². The first kappa shape index (κ1) is 15.2. The summed E-state index contributed by atoms with van der Waals surface area (Å²) in [4.78, 5) is 34.8. The molecule has 116 valence electrons. The van der Waals surface area contributed by atoms with E-state index in [4.69, 9.17) is 4.74 Å². The lowest BCUT2D eigenvalue weighted by Crippen LogP contribution is -2.28. The molecule has 0 radical (unpaired) electrons. The SMILES string of the molecule is O=C(Cc1ccc(-c2ccccc2)cc1)OC1C(=O)CCC1=O. The number of rotatable bonds is 4. The fourth-order valence-corrected chi connectivity index (χ4v) is 2.61. The van der Waals surface area contributed by atoms with E-state index in [9.17, 15) is 14.4 Å². The van der Waals surface area contributed by atoms with Crippen molar-refractivity contribution in [1.29, 1.82) is 0 Å². The highest BCUT2D eigenvalue weighted by atomic mass is 16.5. The smallest absolute Gasteiger partial charge is 0.311 e. The summed E-state index contributed by atoms with van der Waals surface area (Å²) in [6, 6.07) is 17.5. The molecule has 2 aromatic rings. The van der Waals surface area contributed by atoms with Crippen molar-refractivity contribution in [3.8, 4) is 11.1 Å². The maximum Gasteiger partial charge on any atom is 0.311 e. The van der Waals surface area contributed by atoms with Crippen LogP contribution in [0.3, 0.4) is 0 Å². The van der Waals surface area contributed by atoms with Gasteiger partial charge in [0.2, 0.25) is 6.10 Å². The molecule has 0 spiro atoms. The summed E-state index contributed by atoms with van der Waals surface area (Å²) in [5.41, 5.74) is 2.94. The van der Waals surface area contributed by atoms with Gasteiger partial charge in [-0.25, -0.2) is 0 Å². The first-order valence-corrected chi connectivity index (χ1v) is 7.53. The largest absolute Gasteiger partial charge is 0.446 e. The highest BCUT2D eigenvalue weighted by Crippen LogP contribution is 2.20. The Morgan fingerprint density at radius 3 is 2.04 bits per heavy atom. The minimum absolute atomic E-state index is 0.0477. The Bertz CT molecular complexity index is 716. The van der Waals surface area contributed by atoms with Gasteiger partial charge >= 0.3 is 5.97 Å². The van der Waals surface area contributed by atoms with E-state index in [1.165, 1.54) is 0 Å². The molecule has 0 bridgehead atoms. The Morgan fingerprint density at radius 1 is 0.870 bits per heavy atom. The predicted octanol–water partition coefficient (Wildman–Crippen LogP) is 2.74. The molecule has 4 nitrogen and oxygen atoms in total. The van der Waals surface area contributed by atoms with Gasteiger partial charge < -0.3 is 4.74 Å². The number of hydrogen-bond acceptors (Lipinski definition) is 4. The van der Waals surface area contributed by atoms with Crippen LogP contribution in [-0.4, -0.2) is 23.6 Å². The van der Waals surface area contributed by atoms with Gasteiger partial charge in [0.25, 0.3) is 0 Å². The molecule has 4 heteroatoms. The van der Waals surface area contributed by atoms with Crippen molar-refractivity contribution in [1.82, 2.24) is 0 Å². The predicted molar refractivity (Wildman–Crippen MR) is 84.7 cm³/mol. The zero-order chi connectivity index (χ0) is 16.2. The summed E-state index contributed by atoms with van der Waals surface area (Å²) >= 11 is 0. The third kappa shape index (κ3) is 3.54. The third-order valence-corrected chi connectivity index (χ3v) is 3.86. The maximum atomic E-state index is 11.9. The lowest BCUT2D eigenvalue weighted by atomic mass is 10.0. The van der Waals surface area contributed by atoms with Crippen molar-refractivity contribution < 1.29 is 19.1 Å². The van der Waals surface area contributed by atoms with Gasteiger partial charge in [0.1, 0.15) is 0 Å². The molecule has 0 atom stereocenters. The normalized spacial score (nSPS) is 15.0. The van der Waals surface area contributed by atoms with E-state index in [0.717, 1.165) is 16.7 Å². The number of esters is 1. The van der Waals surface area contributed by atoms with E-state index < -0.39 is 12.1 Å². The van der Waals surface area contributed by atoms with Gasteiger partial charge in [-0.05, 0) is 16.7 Å². The van der Waals surface area contributed by atoms with Crippen LogP contribution in [0.25, 0.3) is 11.1 Å². The van der Waals surface area contributed by atoms with Crippen molar-refractivity contribution >= 4 is 17.5 Å². The van der Waals surface area contributed by atoms with E-state index in [1.54, 1.807) is 0 Å². The van der Waals surface area contributed by atoms with Gasteiger partial charge in [-0.3, -0.25) is 14.4 Å². The Kier molecular flexibility index (Phi) is 4.33. The highest BCUT2D eigenvalue weighted by Gasteiger charge is 2.35. The van der Waals surface area contributed by atoms with Gasteiger partial charge in [0.05, 0.1) is 6.42 Å². The molecule has 0 aliphatic heterocycles. The van der Waals surface area contributed by atoms with Gasteiger partial charge in [-0.15, -0.1) is 0 Å². The summed E-state index contributed by atoms with van der Waals surface area (Å²) < 4.78 is 5.02. The molecule has 0 saturated heterocycles. The van der Waals surface area contributed by atoms with Crippen molar-refractivity contribution in [3.63, 3.8) is 0 Å². The topological polar surface area (TPSA) is 60.4 Å². The van der Waals surface area contributed by atoms with E-state index >= 15 is 0 Å². The summed E-state index contributed by atoms with van der Waals surface area (Å²) in [5, 5.41) is 0. The molecule has 0 amide bonds. The molecule has 1 saturated carbocycles. The second-order valence-electron chi connectivity index (χ2n) is 5.54. The lowest BCUT2D eigenvalue weighted by molar-refractivity contribution is -0.156. The van der Waals surface area contributed by atoms with E-state index in [2.05, 4.69) is 0 Å². The van der Waals surface area contributed by atoms with Crippen molar-refractivity contribution in [2.24, 2.45) is 0 Å². The molecular weight excluding hydrogens is 292 g/mol. The summed E-state index contributed by atoms with van der Waals surface area (Å²) in [6.45, 7) is 0. The minimum atomic E-state index is -1.19. The number of ether oxygens (including phenoxy) is 1. The van der Waals surface area contributed by atoms with Crippen LogP contribution in [-0.2, 0) is 25.5 Å². The molecule has 3 rings (SSSR count). The van der Waals surface area contributed by atoms with Crippen molar-refractivity contribution in [3.05, 3.63) is 60.2 Å². The number of carbonyl (C=O) groups is 3. The fraction of sp³-hybridized carbons (Fsp3) is 0.211. The zero-order valence-corrected chi connectivity index (χ0v) is 12.5. The second-order valence-corrected chi connectivity index (χ2v) is 5.54. The van der Waals surface area contributed by atoms with E-state index in [-0.39, 0.29) is 30.8 Å². The van der Waals surface area contributed by atoms with Gasteiger partial charge in [-0.2, -0.15) is 0 Å². The monoisotopic (exact) mass is 308 g/mol. The molecular formula is C19H16O4. The number of carbonyl (C=O) groups excluding carboxylic acids is 3. The molecule has 0 aromatic heterocycles. The van der Waals surface area contributed by atoms with E-state index in [0.29, 0.717) is 0 Å². The van der Waals surface area contributed by atoms with Crippen LogP contribution in [0.5, 0.6) is 0 Å². The van der Waals surface area contributed by atoms with Crippen molar-refractivity contribution in [2.75, 3.05) is 0 Å². The molecule has 1 aliphatic rings. The fourth-order valence-electron chi connectivity index (χ4n) is 2.61. The van der Waals surface area contributed by atoms with Crippen LogP contribution in [0.2, 0.25) is 0 Å². The molecule has 1 fully saturated rings. The quantitative estimate of drug-likeness (QED) is 0.643. The minimum Gasteiger partial charge on any atom is -0.446 e. The lowest BCUT2D eigenvalue weighted by Gasteiger charge is -2.09. The summed E-state index contributed by atoms with van der Waals surface area (Å²) in [6.07, 6.45) is -0.803. The van der Waals surface area contributed by atoms with Gasteiger partial charge in [0, 0.05) is 12.8 Å². The Labute approximate surface area is 134 Å². The van der Waals surface area contributed by atoms with Crippen LogP contribution in [0, 0.1) is 0 Å². The summed E-state index contributed by atoms with van der Waals surface area (Å²) in [7, 11) is 0. The number of ketones is 2. The Hall–Kier alpha value is -2.75. The van der Waals surface area contributed by atoms with Crippen molar-refractivity contribution in [2.45, 2.75) is 25.4 Å². The number of hydrogen-bond donors (Lipinski definition) is 0. The van der Waals surface area contributed by atoms with Gasteiger partial charge in [-0.1, -0.05) is 54.6 Å². The zero-order valence-electron chi connectivity index (χ0n) is 12.5. The first-order valence-electron chi connectivity index (χ1n) is 7.53. The number of Topliss-reactive ketones (excluding diaryl/α,β-unsaturated/α-hetero) is 2. The first-order chi connectivity index (χ1) is 11.1. The van der Waals surface area contributed by atoms with Crippen LogP contribution in [0.1, 0.15) is 18.4 Å². The van der Waals surface area contributed by atoms with Crippen LogP contribution in [0.4, 0.5) is 0 Å². The third-order valence-electron chi connectivity index (χ3n) is 3.86.